The number of fused-ring (bicyclic) bond motifs is 5. The van der Waals surface area contributed by atoms with Crippen molar-refractivity contribution in [1.29, 1.82) is 0 Å². The number of carbonyl (C=O) groups excluding carboxylic acids is 1. The Bertz CT molecular complexity index is 621. The highest BCUT2D eigenvalue weighted by Gasteiger charge is 2.59. The van der Waals surface area contributed by atoms with Crippen LogP contribution in [0.3, 0.4) is 0 Å². The summed E-state index contributed by atoms with van der Waals surface area (Å²) >= 11 is 0. The Morgan fingerprint density at radius 1 is 1.12 bits per heavy atom. The predicted molar refractivity (Wildman–Crippen MR) is 97.5 cm³/mol. The molecule has 3 heteroatoms. The zero-order valence-electron chi connectivity index (χ0n) is 15.5. The fraction of sp³-hybridized carbons (Fsp3) is 0.810. The Hall–Kier alpha value is -1.12. The first-order valence-electron chi connectivity index (χ1n) is 9.88. The number of hydrogen-bond donors (Lipinski definition) is 1. The lowest BCUT2D eigenvalue weighted by Gasteiger charge is -2.58. The summed E-state index contributed by atoms with van der Waals surface area (Å²) < 4.78 is 0. The second-order valence-electron chi connectivity index (χ2n) is 9.41. The molecule has 0 aromatic heterocycles. The minimum atomic E-state index is 0.267. The van der Waals surface area contributed by atoms with Gasteiger partial charge in [0.2, 0.25) is 0 Å². The van der Waals surface area contributed by atoms with Crippen molar-refractivity contribution in [2.75, 3.05) is 0 Å². The summed E-state index contributed by atoms with van der Waals surface area (Å²) in [7, 11) is 0. The summed E-state index contributed by atoms with van der Waals surface area (Å²) in [6, 6.07) is 0. The van der Waals surface area contributed by atoms with E-state index in [4.69, 9.17) is 5.84 Å². The number of allylic oxidation sites excluding steroid dienone is 2. The highest BCUT2D eigenvalue weighted by atomic mass is 16.1. The molecule has 4 rings (SSSR count). The van der Waals surface area contributed by atoms with Gasteiger partial charge in [0, 0.05) is 5.92 Å². The van der Waals surface area contributed by atoms with Crippen molar-refractivity contribution < 1.29 is 4.79 Å². The van der Waals surface area contributed by atoms with Crippen molar-refractivity contribution in [3.8, 4) is 0 Å². The maximum atomic E-state index is 12.2. The van der Waals surface area contributed by atoms with E-state index in [1.165, 1.54) is 38.5 Å². The van der Waals surface area contributed by atoms with Crippen LogP contribution in [0.4, 0.5) is 0 Å². The van der Waals surface area contributed by atoms with Gasteiger partial charge >= 0.3 is 0 Å². The Kier molecular flexibility index (Phi) is 3.71. The first kappa shape index (κ1) is 16.4. The molecule has 0 amide bonds. The van der Waals surface area contributed by atoms with E-state index in [0.29, 0.717) is 17.1 Å². The highest BCUT2D eigenvalue weighted by molar-refractivity contribution is 5.96. The van der Waals surface area contributed by atoms with E-state index in [2.05, 4.69) is 25.0 Å². The Balaban J connectivity index is 1.66. The lowest BCUT2D eigenvalue weighted by molar-refractivity contribution is -0.127. The van der Waals surface area contributed by atoms with Crippen molar-refractivity contribution in [2.45, 2.75) is 72.1 Å². The van der Waals surface area contributed by atoms with Crippen LogP contribution in [0.25, 0.3) is 0 Å². The fourth-order valence-corrected chi connectivity index (χ4v) is 7.34. The lowest BCUT2D eigenvalue weighted by Crippen LogP contribution is -2.51. The van der Waals surface area contributed by atoms with E-state index in [0.717, 1.165) is 36.3 Å². The van der Waals surface area contributed by atoms with Crippen LogP contribution in [0.2, 0.25) is 0 Å². The molecule has 24 heavy (non-hydrogen) atoms. The van der Waals surface area contributed by atoms with Gasteiger partial charge in [-0.2, -0.15) is 5.10 Å². The van der Waals surface area contributed by atoms with Crippen LogP contribution in [-0.2, 0) is 4.79 Å². The van der Waals surface area contributed by atoms with Gasteiger partial charge in [-0.25, -0.2) is 0 Å². The molecule has 0 spiro atoms. The van der Waals surface area contributed by atoms with Crippen molar-refractivity contribution in [3.05, 3.63) is 11.6 Å². The fourth-order valence-electron chi connectivity index (χ4n) is 7.34. The van der Waals surface area contributed by atoms with Gasteiger partial charge in [-0.15, -0.1) is 0 Å². The first-order valence-corrected chi connectivity index (χ1v) is 9.88. The predicted octanol–water partition coefficient (Wildman–Crippen LogP) is 4.47. The molecule has 3 nitrogen and oxygen atoms in total. The van der Waals surface area contributed by atoms with E-state index in [1.54, 1.807) is 5.57 Å². The van der Waals surface area contributed by atoms with Gasteiger partial charge in [0.1, 0.15) is 5.78 Å². The van der Waals surface area contributed by atoms with Crippen LogP contribution in [0.5, 0.6) is 0 Å². The van der Waals surface area contributed by atoms with Gasteiger partial charge in [0.15, 0.2) is 0 Å². The molecular formula is C21H32N2O. The Morgan fingerprint density at radius 2 is 1.92 bits per heavy atom. The lowest BCUT2D eigenvalue weighted by atomic mass is 9.46. The molecule has 6 atom stereocenters. The summed E-state index contributed by atoms with van der Waals surface area (Å²) in [4.78, 5) is 12.2. The van der Waals surface area contributed by atoms with E-state index >= 15 is 0 Å². The number of hydrazone groups is 1. The third-order valence-electron chi connectivity index (χ3n) is 8.63. The molecule has 0 heterocycles. The number of rotatable bonds is 1. The zero-order chi connectivity index (χ0) is 17.1. The van der Waals surface area contributed by atoms with Crippen LogP contribution in [-0.4, -0.2) is 11.5 Å². The van der Waals surface area contributed by atoms with Gasteiger partial charge in [0.05, 0.1) is 5.71 Å². The molecule has 0 aliphatic heterocycles. The van der Waals surface area contributed by atoms with Crippen molar-refractivity contribution >= 4 is 11.5 Å². The third kappa shape index (κ3) is 2.09. The molecule has 0 unspecified atom stereocenters. The van der Waals surface area contributed by atoms with Crippen molar-refractivity contribution in [3.63, 3.8) is 0 Å². The molecule has 3 fully saturated rings. The molecular weight excluding hydrogens is 296 g/mol. The van der Waals surface area contributed by atoms with E-state index < -0.39 is 0 Å². The van der Waals surface area contributed by atoms with E-state index in [-0.39, 0.29) is 5.41 Å². The summed E-state index contributed by atoms with van der Waals surface area (Å²) in [6.07, 6.45) is 12.0. The number of nitrogens with zero attached hydrogens (tertiary/aromatic N) is 1. The Morgan fingerprint density at radius 3 is 2.62 bits per heavy atom. The second kappa shape index (κ2) is 5.44. The van der Waals surface area contributed by atoms with Crippen LogP contribution >= 0.6 is 0 Å². The van der Waals surface area contributed by atoms with Crippen LogP contribution in [0.15, 0.2) is 16.8 Å². The summed E-state index contributed by atoms with van der Waals surface area (Å²) in [5.41, 5.74) is 3.29. The van der Waals surface area contributed by atoms with Gasteiger partial charge in [-0.3, -0.25) is 4.79 Å². The largest absolute Gasteiger partial charge is 0.323 e. The maximum absolute atomic E-state index is 12.2. The van der Waals surface area contributed by atoms with Gasteiger partial charge in [-0.1, -0.05) is 19.4 Å². The second-order valence-corrected chi connectivity index (χ2v) is 9.41. The average molecular weight is 329 g/mol. The summed E-state index contributed by atoms with van der Waals surface area (Å²) in [6.45, 7) is 6.76. The van der Waals surface area contributed by atoms with Gasteiger partial charge in [-0.05, 0) is 93.0 Å². The maximum Gasteiger partial charge on any atom is 0.133 e. The van der Waals surface area contributed by atoms with Crippen LogP contribution < -0.4 is 5.84 Å². The first-order chi connectivity index (χ1) is 11.4. The minimum Gasteiger partial charge on any atom is -0.323 e. The number of nitrogens with two attached hydrogens (primary N) is 1. The molecule has 0 aromatic rings. The molecule has 4 aliphatic rings. The highest BCUT2D eigenvalue weighted by Crippen LogP contribution is 2.66. The van der Waals surface area contributed by atoms with Gasteiger partial charge < -0.3 is 5.84 Å². The molecule has 0 bridgehead atoms. The zero-order valence-corrected chi connectivity index (χ0v) is 15.5. The number of hydrogen-bond acceptors (Lipinski definition) is 3. The van der Waals surface area contributed by atoms with E-state index in [1.807, 2.05) is 6.92 Å². The molecule has 2 N–H and O–H groups in total. The SMILES string of the molecule is CC(=O)[C@H]1CC[C@H]2[C@@H]3CCC4=CC(=NN)CC[C@]4(C)[C@H]3CC[C@]12C. The number of ketones is 1. The minimum absolute atomic E-state index is 0.267. The van der Waals surface area contributed by atoms with Crippen LogP contribution in [0, 0.1) is 34.5 Å². The topological polar surface area (TPSA) is 55.5 Å². The molecule has 0 radical (unpaired) electrons. The number of carbonyl (C=O) groups is 1. The molecule has 3 saturated carbocycles. The monoisotopic (exact) mass is 328 g/mol. The van der Waals surface area contributed by atoms with Gasteiger partial charge in [0.25, 0.3) is 0 Å². The summed E-state index contributed by atoms with van der Waals surface area (Å²) in [5.74, 6) is 8.65. The molecule has 0 aromatic carbocycles. The molecule has 0 saturated heterocycles. The smallest absolute Gasteiger partial charge is 0.133 e. The Labute approximate surface area is 146 Å². The number of Topliss-reactive ketones (excluding diaryl/α,β-unsaturated/α-hetero) is 1. The third-order valence-corrected chi connectivity index (χ3v) is 8.63. The van der Waals surface area contributed by atoms with Crippen molar-refractivity contribution in [2.24, 2.45) is 45.4 Å². The molecule has 4 aliphatic carbocycles. The molecule has 132 valence electrons. The normalized spacial score (nSPS) is 49.1. The standard InChI is InChI=1S/C21H32N2O/c1-13(24)17-6-7-18-16-5-4-14-12-15(23-22)8-10-20(14,2)19(16)9-11-21(17,18)3/h12,16-19H,4-11,22H2,1-3H3/t16-,17+,18-,19-,20-,21+/m0/s1. The average Bonchev–Trinajstić information content (AvgIpc) is 2.91. The summed E-state index contributed by atoms with van der Waals surface area (Å²) in [5, 5.41) is 3.97. The van der Waals surface area contributed by atoms with E-state index in [9.17, 15) is 4.79 Å². The van der Waals surface area contributed by atoms with Crippen molar-refractivity contribution in [1.82, 2.24) is 0 Å². The quantitative estimate of drug-likeness (QED) is 0.570. The van der Waals surface area contributed by atoms with Crippen LogP contribution in [0.1, 0.15) is 72.1 Å².